The molecule has 0 aliphatic carbocycles. The molecule has 5 nitrogen and oxygen atoms in total. The SMILES string of the molecule is CN(C)c1cc2cc(CC(O)(CC(C)(C)c3ccc(F)cc3O)C(F)(F)F)[nH]c2cn1. The molecule has 3 rings (SSSR count). The first-order chi connectivity index (χ1) is 14.2. The third-order valence-corrected chi connectivity index (χ3v) is 5.44. The van der Waals surface area contributed by atoms with Gasteiger partial charge in [-0.3, -0.25) is 0 Å². The number of phenolic OH excluding ortho intramolecular Hbond substituents is 1. The van der Waals surface area contributed by atoms with Crippen molar-refractivity contribution in [3.05, 3.63) is 53.6 Å². The molecule has 1 atom stereocenters. The molecule has 1 aromatic carbocycles. The lowest BCUT2D eigenvalue weighted by Gasteiger charge is -2.38. The smallest absolute Gasteiger partial charge is 0.417 e. The highest BCUT2D eigenvalue weighted by Gasteiger charge is 2.56. The highest BCUT2D eigenvalue weighted by molar-refractivity contribution is 5.82. The van der Waals surface area contributed by atoms with Crippen LogP contribution in [-0.4, -0.2) is 46.1 Å². The quantitative estimate of drug-likeness (QED) is 0.488. The summed E-state index contributed by atoms with van der Waals surface area (Å²) in [6.07, 6.45) is -4.86. The van der Waals surface area contributed by atoms with Crippen LogP contribution in [0.25, 0.3) is 10.9 Å². The molecule has 0 spiro atoms. The van der Waals surface area contributed by atoms with Gasteiger partial charge < -0.3 is 20.1 Å². The van der Waals surface area contributed by atoms with Gasteiger partial charge in [0.05, 0.1) is 11.7 Å². The zero-order valence-corrected chi connectivity index (χ0v) is 17.7. The van der Waals surface area contributed by atoms with Gasteiger partial charge in [0.25, 0.3) is 0 Å². The van der Waals surface area contributed by atoms with Crippen LogP contribution in [0.3, 0.4) is 0 Å². The lowest BCUT2D eigenvalue weighted by molar-refractivity contribution is -0.266. The number of fused-ring (bicyclic) bond motifs is 1. The van der Waals surface area contributed by atoms with Gasteiger partial charge in [-0.15, -0.1) is 0 Å². The van der Waals surface area contributed by atoms with Gasteiger partial charge >= 0.3 is 6.18 Å². The number of aromatic hydroxyl groups is 1. The van der Waals surface area contributed by atoms with Crippen LogP contribution in [0.5, 0.6) is 5.75 Å². The molecule has 0 bridgehead atoms. The van der Waals surface area contributed by atoms with E-state index in [1.807, 2.05) is 0 Å². The second kappa shape index (κ2) is 7.71. The maximum atomic E-state index is 14.0. The van der Waals surface area contributed by atoms with Crippen molar-refractivity contribution < 1.29 is 27.8 Å². The molecule has 9 heteroatoms. The molecule has 0 amide bonds. The molecule has 3 aromatic rings. The minimum absolute atomic E-state index is 0.119. The Morgan fingerprint density at radius 2 is 1.77 bits per heavy atom. The topological polar surface area (TPSA) is 72.4 Å². The summed E-state index contributed by atoms with van der Waals surface area (Å²) in [5.41, 5.74) is -3.51. The summed E-state index contributed by atoms with van der Waals surface area (Å²) in [6.45, 7) is 2.93. The summed E-state index contributed by atoms with van der Waals surface area (Å²) in [5, 5.41) is 21.5. The molecule has 0 aliphatic heterocycles. The van der Waals surface area contributed by atoms with E-state index in [9.17, 15) is 27.8 Å². The van der Waals surface area contributed by atoms with Gasteiger partial charge in [-0.1, -0.05) is 19.9 Å². The zero-order chi connectivity index (χ0) is 23.2. The molecule has 0 saturated carbocycles. The molecule has 31 heavy (non-hydrogen) atoms. The molecular weight excluding hydrogens is 414 g/mol. The molecule has 2 heterocycles. The number of hydrogen-bond acceptors (Lipinski definition) is 4. The zero-order valence-electron chi connectivity index (χ0n) is 17.7. The van der Waals surface area contributed by atoms with Crippen molar-refractivity contribution >= 4 is 16.7 Å². The molecule has 3 N–H and O–H groups in total. The second-order valence-electron chi connectivity index (χ2n) is 8.75. The fraction of sp³-hybridized carbons (Fsp3) is 0.409. The third kappa shape index (κ3) is 4.61. The van der Waals surface area contributed by atoms with Crippen molar-refractivity contribution in [1.82, 2.24) is 9.97 Å². The summed E-state index contributed by atoms with van der Waals surface area (Å²) < 4.78 is 55.4. The number of benzene rings is 1. The number of phenols is 1. The summed E-state index contributed by atoms with van der Waals surface area (Å²) in [4.78, 5) is 8.90. The predicted molar refractivity (Wildman–Crippen MR) is 111 cm³/mol. The first-order valence-electron chi connectivity index (χ1n) is 9.65. The molecule has 1 unspecified atom stereocenters. The molecule has 0 radical (unpaired) electrons. The number of nitrogens with zero attached hydrogens (tertiary/aromatic N) is 2. The van der Waals surface area contributed by atoms with E-state index in [0.717, 1.165) is 12.1 Å². The van der Waals surface area contributed by atoms with Crippen LogP contribution in [0.15, 0.2) is 36.5 Å². The summed E-state index contributed by atoms with van der Waals surface area (Å²) >= 11 is 0. The molecule has 168 valence electrons. The number of aliphatic hydroxyl groups is 1. The Bertz CT molecular complexity index is 1090. The Morgan fingerprint density at radius 3 is 2.35 bits per heavy atom. The van der Waals surface area contributed by atoms with E-state index in [4.69, 9.17) is 0 Å². The van der Waals surface area contributed by atoms with E-state index in [1.165, 1.54) is 26.1 Å². The number of H-pyrrole nitrogens is 1. The number of aromatic nitrogens is 2. The number of pyridine rings is 1. The summed E-state index contributed by atoms with van der Waals surface area (Å²) in [7, 11) is 3.61. The van der Waals surface area contributed by atoms with Gasteiger partial charge in [-0.05, 0) is 35.6 Å². The molecule has 2 aromatic heterocycles. The lowest BCUT2D eigenvalue weighted by atomic mass is 9.73. The second-order valence-corrected chi connectivity index (χ2v) is 8.75. The van der Waals surface area contributed by atoms with Crippen LogP contribution < -0.4 is 4.90 Å². The lowest BCUT2D eigenvalue weighted by Crippen LogP contribution is -2.50. The van der Waals surface area contributed by atoms with E-state index in [2.05, 4.69) is 9.97 Å². The van der Waals surface area contributed by atoms with Crippen molar-refractivity contribution in [2.24, 2.45) is 0 Å². The molecule has 0 saturated heterocycles. The minimum atomic E-state index is -4.94. The maximum absolute atomic E-state index is 14.0. The highest BCUT2D eigenvalue weighted by atomic mass is 19.4. The van der Waals surface area contributed by atoms with Gasteiger partial charge in [-0.2, -0.15) is 13.2 Å². The number of nitrogens with one attached hydrogen (secondary N) is 1. The fourth-order valence-electron chi connectivity index (χ4n) is 3.90. The predicted octanol–water partition coefficient (Wildman–Crippen LogP) is 4.68. The minimum Gasteiger partial charge on any atom is -0.508 e. The van der Waals surface area contributed by atoms with Crippen molar-refractivity contribution in [3.63, 3.8) is 0 Å². The molecule has 0 fully saturated rings. The van der Waals surface area contributed by atoms with Crippen LogP contribution in [-0.2, 0) is 11.8 Å². The monoisotopic (exact) mass is 439 g/mol. The number of anilines is 1. The summed E-state index contributed by atoms with van der Waals surface area (Å²) in [6, 6.07) is 6.44. The Kier molecular flexibility index (Phi) is 5.69. The Labute approximate surface area is 177 Å². The first-order valence-corrected chi connectivity index (χ1v) is 9.65. The standard InChI is InChI=1S/C22H25F4N3O2/c1-20(2,16-6-5-14(23)9-18(16)30)12-21(31,22(24,25)26)10-15-7-13-8-19(29(3)4)27-11-17(13)28-15/h5-9,11,28,30-31H,10,12H2,1-4H3. The number of halogens is 4. The Morgan fingerprint density at radius 1 is 1.10 bits per heavy atom. The van der Waals surface area contributed by atoms with E-state index < -0.39 is 41.6 Å². The van der Waals surface area contributed by atoms with Crippen molar-refractivity contribution in [2.75, 3.05) is 19.0 Å². The highest BCUT2D eigenvalue weighted by Crippen LogP contribution is 2.45. The largest absolute Gasteiger partial charge is 0.508 e. The number of hydrogen-bond donors (Lipinski definition) is 3. The van der Waals surface area contributed by atoms with E-state index in [1.54, 1.807) is 31.1 Å². The van der Waals surface area contributed by atoms with Crippen molar-refractivity contribution in [1.29, 1.82) is 0 Å². The fourth-order valence-corrected chi connectivity index (χ4v) is 3.90. The van der Waals surface area contributed by atoms with E-state index in [-0.39, 0.29) is 11.3 Å². The first kappa shape index (κ1) is 22.9. The van der Waals surface area contributed by atoms with Gasteiger partial charge in [0.1, 0.15) is 17.4 Å². The van der Waals surface area contributed by atoms with Gasteiger partial charge in [0, 0.05) is 37.7 Å². The number of alkyl halides is 3. The number of rotatable bonds is 6. The van der Waals surface area contributed by atoms with Gasteiger partial charge in [0.15, 0.2) is 5.60 Å². The third-order valence-electron chi connectivity index (χ3n) is 5.44. The Balaban J connectivity index is 1.96. The maximum Gasteiger partial charge on any atom is 0.417 e. The summed E-state index contributed by atoms with van der Waals surface area (Å²) in [5.74, 6) is -0.508. The van der Waals surface area contributed by atoms with Crippen LogP contribution in [0.1, 0.15) is 31.5 Å². The van der Waals surface area contributed by atoms with Crippen LogP contribution in [0.2, 0.25) is 0 Å². The van der Waals surface area contributed by atoms with Crippen LogP contribution >= 0.6 is 0 Å². The van der Waals surface area contributed by atoms with Gasteiger partial charge in [0.2, 0.25) is 0 Å². The van der Waals surface area contributed by atoms with Crippen molar-refractivity contribution in [2.45, 2.75) is 43.9 Å². The average Bonchev–Trinajstić information content (AvgIpc) is 3.00. The number of aromatic amines is 1. The van der Waals surface area contributed by atoms with E-state index in [0.29, 0.717) is 16.7 Å². The average molecular weight is 439 g/mol. The Hall–Kier alpha value is -2.81. The van der Waals surface area contributed by atoms with Crippen LogP contribution in [0.4, 0.5) is 23.4 Å². The van der Waals surface area contributed by atoms with E-state index >= 15 is 0 Å². The molecule has 0 aliphatic rings. The van der Waals surface area contributed by atoms with Crippen molar-refractivity contribution in [3.8, 4) is 5.75 Å². The van der Waals surface area contributed by atoms with Gasteiger partial charge in [-0.25, -0.2) is 9.37 Å². The molecular formula is C22H25F4N3O2. The normalized spacial score (nSPS) is 14.6. The van der Waals surface area contributed by atoms with Crippen LogP contribution in [0, 0.1) is 5.82 Å².